The van der Waals surface area contributed by atoms with E-state index in [4.69, 9.17) is 9.15 Å². The average Bonchev–Trinajstić information content (AvgIpc) is 2.83. The normalized spacial score (nSPS) is 19.7. The molecule has 0 saturated carbocycles. The topological polar surface area (TPSA) is 73.6 Å². The zero-order valence-corrected chi connectivity index (χ0v) is 15.0. The van der Waals surface area contributed by atoms with E-state index in [9.17, 15) is 13.2 Å². The van der Waals surface area contributed by atoms with Gasteiger partial charge in [-0.15, -0.1) is 0 Å². The summed E-state index contributed by atoms with van der Waals surface area (Å²) in [6.07, 6.45) is 1.43. The Balaban J connectivity index is 1.84. The van der Waals surface area contributed by atoms with Crippen molar-refractivity contribution in [2.75, 3.05) is 18.1 Å². The summed E-state index contributed by atoms with van der Waals surface area (Å²) in [6.45, 7) is 6.01. The Labute approximate surface area is 141 Å². The van der Waals surface area contributed by atoms with Gasteiger partial charge in [0, 0.05) is 5.56 Å². The third-order valence-electron chi connectivity index (χ3n) is 4.77. The van der Waals surface area contributed by atoms with Gasteiger partial charge >= 0.3 is 5.63 Å². The summed E-state index contributed by atoms with van der Waals surface area (Å²) in [6, 6.07) is 3.76. The fraction of sp³-hybridized carbons (Fsp3) is 0.500. The summed E-state index contributed by atoms with van der Waals surface area (Å²) in [5.41, 5.74) is 2.60. The Kier molecular flexibility index (Phi) is 4.42. The van der Waals surface area contributed by atoms with Crippen LogP contribution < -0.4 is 10.4 Å². The van der Waals surface area contributed by atoms with E-state index in [1.165, 1.54) is 0 Å². The lowest BCUT2D eigenvalue weighted by Crippen LogP contribution is -2.10. The second-order valence-corrected chi connectivity index (χ2v) is 8.91. The predicted molar refractivity (Wildman–Crippen MR) is 93.6 cm³/mol. The molecule has 0 N–H and O–H groups in total. The van der Waals surface area contributed by atoms with Crippen LogP contribution >= 0.6 is 0 Å². The van der Waals surface area contributed by atoms with Gasteiger partial charge in [-0.1, -0.05) is 0 Å². The lowest BCUT2D eigenvalue weighted by atomic mass is 10.0. The molecule has 130 valence electrons. The molecular weight excluding hydrogens is 328 g/mol. The molecule has 0 bridgehead atoms. The predicted octanol–water partition coefficient (Wildman–Crippen LogP) is 2.92. The van der Waals surface area contributed by atoms with Crippen LogP contribution in [0.15, 0.2) is 21.3 Å². The molecule has 2 heterocycles. The number of hydrogen-bond acceptors (Lipinski definition) is 5. The molecule has 24 heavy (non-hydrogen) atoms. The molecule has 1 aliphatic heterocycles. The van der Waals surface area contributed by atoms with Crippen LogP contribution in [0.4, 0.5) is 0 Å². The van der Waals surface area contributed by atoms with Gasteiger partial charge in [-0.05, 0) is 62.8 Å². The van der Waals surface area contributed by atoms with Gasteiger partial charge in [-0.2, -0.15) is 0 Å². The van der Waals surface area contributed by atoms with Crippen LogP contribution in [0, 0.1) is 26.7 Å². The van der Waals surface area contributed by atoms with E-state index in [0.717, 1.165) is 16.5 Å². The summed E-state index contributed by atoms with van der Waals surface area (Å²) in [4.78, 5) is 11.9. The van der Waals surface area contributed by atoms with Gasteiger partial charge in [0.25, 0.3) is 0 Å². The Hall–Kier alpha value is -1.82. The van der Waals surface area contributed by atoms with Gasteiger partial charge < -0.3 is 9.15 Å². The minimum Gasteiger partial charge on any atom is -0.493 e. The van der Waals surface area contributed by atoms with Gasteiger partial charge in [0.1, 0.15) is 11.3 Å². The maximum atomic E-state index is 11.9. The van der Waals surface area contributed by atoms with Crippen LogP contribution in [-0.2, 0) is 9.84 Å². The summed E-state index contributed by atoms with van der Waals surface area (Å²) >= 11 is 0. The van der Waals surface area contributed by atoms with Gasteiger partial charge in [-0.3, -0.25) is 0 Å². The molecule has 1 saturated heterocycles. The molecule has 0 amide bonds. The Morgan fingerprint density at radius 3 is 2.62 bits per heavy atom. The maximum Gasteiger partial charge on any atom is 0.339 e. The highest BCUT2D eigenvalue weighted by molar-refractivity contribution is 7.91. The summed E-state index contributed by atoms with van der Waals surface area (Å²) in [7, 11) is -2.85. The van der Waals surface area contributed by atoms with E-state index in [1.54, 1.807) is 6.92 Å². The Bertz CT molecular complexity index is 940. The molecule has 1 aliphatic rings. The van der Waals surface area contributed by atoms with Crippen molar-refractivity contribution >= 4 is 20.8 Å². The van der Waals surface area contributed by atoms with Crippen molar-refractivity contribution in [1.82, 2.24) is 0 Å². The average molecular weight is 350 g/mol. The van der Waals surface area contributed by atoms with Crippen molar-refractivity contribution in [3.8, 4) is 5.75 Å². The van der Waals surface area contributed by atoms with Crippen molar-refractivity contribution in [3.63, 3.8) is 0 Å². The first-order chi connectivity index (χ1) is 11.3. The van der Waals surface area contributed by atoms with Crippen LogP contribution in [0.25, 0.3) is 11.0 Å². The number of sulfone groups is 1. The van der Waals surface area contributed by atoms with E-state index >= 15 is 0 Å². The summed E-state index contributed by atoms with van der Waals surface area (Å²) < 4.78 is 34.4. The molecule has 3 rings (SSSR count). The number of benzene rings is 1. The second-order valence-electron chi connectivity index (χ2n) is 6.68. The maximum absolute atomic E-state index is 11.9. The quantitative estimate of drug-likeness (QED) is 0.793. The molecule has 2 aromatic rings. The Morgan fingerprint density at radius 1 is 1.21 bits per heavy atom. The molecule has 5 nitrogen and oxygen atoms in total. The molecule has 6 heteroatoms. The fourth-order valence-corrected chi connectivity index (χ4v) is 5.15. The fourth-order valence-electron chi connectivity index (χ4n) is 3.24. The van der Waals surface area contributed by atoms with E-state index in [1.807, 2.05) is 26.0 Å². The van der Waals surface area contributed by atoms with Crippen molar-refractivity contribution in [2.24, 2.45) is 5.92 Å². The zero-order valence-electron chi connectivity index (χ0n) is 14.2. The minimum absolute atomic E-state index is 0.173. The van der Waals surface area contributed by atoms with Crippen molar-refractivity contribution in [3.05, 3.63) is 39.2 Å². The number of rotatable bonds is 4. The lowest BCUT2D eigenvalue weighted by Gasteiger charge is -2.14. The molecule has 1 fully saturated rings. The monoisotopic (exact) mass is 350 g/mol. The van der Waals surface area contributed by atoms with Gasteiger partial charge in [0.05, 0.1) is 23.5 Å². The van der Waals surface area contributed by atoms with E-state index in [0.29, 0.717) is 36.3 Å². The first-order valence-electron chi connectivity index (χ1n) is 8.15. The highest BCUT2D eigenvalue weighted by Crippen LogP contribution is 2.31. The molecule has 1 unspecified atom stereocenters. The van der Waals surface area contributed by atoms with E-state index in [2.05, 4.69) is 0 Å². The minimum atomic E-state index is -2.85. The van der Waals surface area contributed by atoms with E-state index < -0.39 is 9.84 Å². The highest BCUT2D eigenvalue weighted by Gasteiger charge is 2.27. The van der Waals surface area contributed by atoms with Gasteiger partial charge in [0.15, 0.2) is 9.84 Å². The first-order valence-corrected chi connectivity index (χ1v) is 9.97. The number of ether oxygens (including phenoxy) is 1. The Morgan fingerprint density at radius 2 is 1.96 bits per heavy atom. The molecule has 1 aromatic carbocycles. The van der Waals surface area contributed by atoms with Crippen molar-refractivity contribution in [1.29, 1.82) is 0 Å². The lowest BCUT2D eigenvalue weighted by molar-refractivity contribution is 0.288. The molecule has 0 aliphatic carbocycles. The van der Waals surface area contributed by atoms with Crippen LogP contribution in [0.1, 0.15) is 29.5 Å². The van der Waals surface area contributed by atoms with E-state index in [-0.39, 0.29) is 23.0 Å². The molecule has 1 atom stereocenters. The van der Waals surface area contributed by atoms with Crippen molar-refractivity contribution in [2.45, 2.75) is 33.6 Å². The summed E-state index contributed by atoms with van der Waals surface area (Å²) in [5.74, 6) is 1.41. The number of aryl methyl sites for hydroxylation is 2. The zero-order chi connectivity index (χ0) is 17.5. The third kappa shape index (κ3) is 3.34. The molecular formula is C18H22O5S. The molecule has 0 radical (unpaired) electrons. The molecule has 1 aromatic heterocycles. The van der Waals surface area contributed by atoms with Crippen LogP contribution in [0.5, 0.6) is 5.75 Å². The van der Waals surface area contributed by atoms with Crippen molar-refractivity contribution < 1.29 is 17.6 Å². The van der Waals surface area contributed by atoms with Crippen LogP contribution in [0.2, 0.25) is 0 Å². The smallest absolute Gasteiger partial charge is 0.339 e. The van der Waals surface area contributed by atoms with Gasteiger partial charge in [0.2, 0.25) is 0 Å². The first kappa shape index (κ1) is 17.0. The second kappa shape index (κ2) is 6.24. The SMILES string of the molecule is Cc1cc(OCCC2CCS(=O)(=O)C2)c2c(C)c(C)c(=O)oc2c1. The van der Waals surface area contributed by atoms with Crippen LogP contribution in [-0.4, -0.2) is 26.5 Å². The summed E-state index contributed by atoms with van der Waals surface area (Å²) in [5, 5.41) is 0.816. The van der Waals surface area contributed by atoms with Gasteiger partial charge in [-0.25, -0.2) is 13.2 Å². The van der Waals surface area contributed by atoms with Crippen LogP contribution in [0.3, 0.4) is 0 Å². The number of fused-ring (bicyclic) bond motifs is 1. The standard InChI is InChI=1S/C18H22O5S/c1-11-8-15(22-6-4-14-5-7-24(20,21)10-14)17-12(2)13(3)18(19)23-16(17)9-11/h8-9,14H,4-7,10H2,1-3H3. The number of hydrogen-bond donors (Lipinski definition) is 0. The third-order valence-corrected chi connectivity index (χ3v) is 6.60. The largest absolute Gasteiger partial charge is 0.493 e. The molecule has 0 spiro atoms. The highest BCUT2D eigenvalue weighted by atomic mass is 32.2.